The molecule has 0 aliphatic heterocycles. The van der Waals surface area contributed by atoms with E-state index in [1.165, 1.54) is 32.1 Å². The van der Waals surface area contributed by atoms with Gasteiger partial charge in [0.2, 0.25) is 0 Å². The first-order valence-electron chi connectivity index (χ1n) is 6.85. The minimum absolute atomic E-state index is 0.354. The second-order valence-electron chi connectivity index (χ2n) is 4.92. The van der Waals surface area contributed by atoms with Crippen LogP contribution in [0.25, 0.3) is 0 Å². The fourth-order valence-electron chi connectivity index (χ4n) is 2.51. The molecule has 0 heterocycles. The van der Waals surface area contributed by atoms with Gasteiger partial charge in [-0.2, -0.15) is 0 Å². The Morgan fingerprint density at radius 3 is 2.67 bits per heavy atom. The van der Waals surface area contributed by atoms with E-state index in [1.807, 2.05) is 18.2 Å². The summed E-state index contributed by atoms with van der Waals surface area (Å²) >= 11 is 0. The van der Waals surface area contributed by atoms with Crippen LogP contribution in [0.2, 0.25) is 0 Å². The maximum absolute atomic E-state index is 11.5. The molecule has 2 rings (SSSR count). The van der Waals surface area contributed by atoms with Crippen LogP contribution in [0.1, 0.15) is 38.5 Å². The van der Waals surface area contributed by atoms with E-state index in [0.717, 1.165) is 12.3 Å². The molecule has 0 unspecified atom stereocenters. The topological polar surface area (TPSA) is 38.3 Å². The van der Waals surface area contributed by atoms with Crippen molar-refractivity contribution in [3.05, 3.63) is 30.3 Å². The molecule has 1 aliphatic carbocycles. The SMILES string of the molecule is O=C(NCCCC1CCCC1)Oc1ccccc1. The van der Waals surface area contributed by atoms with Crippen LogP contribution in [-0.2, 0) is 0 Å². The molecule has 0 spiro atoms. The largest absolute Gasteiger partial charge is 0.412 e. The summed E-state index contributed by atoms with van der Waals surface area (Å²) in [4.78, 5) is 11.5. The summed E-state index contributed by atoms with van der Waals surface area (Å²) in [6, 6.07) is 9.15. The average Bonchev–Trinajstić information content (AvgIpc) is 2.89. The highest BCUT2D eigenvalue weighted by Crippen LogP contribution is 2.28. The number of para-hydroxylation sites is 1. The van der Waals surface area contributed by atoms with Crippen LogP contribution < -0.4 is 10.1 Å². The smallest absolute Gasteiger partial charge is 0.410 e. The van der Waals surface area contributed by atoms with Crippen molar-refractivity contribution in [2.75, 3.05) is 6.54 Å². The lowest BCUT2D eigenvalue weighted by molar-refractivity contribution is 0.200. The molecule has 0 bridgehead atoms. The van der Waals surface area contributed by atoms with Gasteiger partial charge >= 0.3 is 6.09 Å². The monoisotopic (exact) mass is 247 g/mol. The average molecular weight is 247 g/mol. The Morgan fingerprint density at radius 2 is 1.94 bits per heavy atom. The van der Waals surface area contributed by atoms with Crippen LogP contribution in [0.5, 0.6) is 5.75 Å². The number of carbonyl (C=O) groups excluding carboxylic acids is 1. The lowest BCUT2D eigenvalue weighted by atomic mass is 10.0. The van der Waals surface area contributed by atoms with E-state index in [-0.39, 0.29) is 6.09 Å². The van der Waals surface area contributed by atoms with Crippen LogP contribution >= 0.6 is 0 Å². The summed E-state index contributed by atoms with van der Waals surface area (Å²) in [6.45, 7) is 0.710. The summed E-state index contributed by atoms with van der Waals surface area (Å²) < 4.78 is 5.14. The molecule has 3 heteroatoms. The molecule has 1 aromatic rings. The number of hydrogen-bond donors (Lipinski definition) is 1. The maximum atomic E-state index is 11.5. The van der Waals surface area contributed by atoms with Crippen molar-refractivity contribution in [1.29, 1.82) is 0 Å². The van der Waals surface area contributed by atoms with Gasteiger partial charge in [-0.15, -0.1) is 0 Å². The summed E-state index contributed by atoms with van der Waals surface area (Å²) in [6.07, 6.45) is 7.43. The summed E-state index contributed by atoms with van der Waals surface area (Å²) in [5.74, 6) is 1.47. The number of ether oxygens (including phenoxy) is 1. The highest BCUT2D eigenvalue weighted by atomic mass is 16.5. The van der Waals surface area contributed by atoms with Gasteiger partial charge in [0.1, 0.15) is 5.75 Å². The molecule has 1 aliphatic rings. The second kappa shape index (κ2) is 7.04. The third kappa shape index (κ3) is 4.40. The van der Waals surface area contributed by atoms with Crippen LogP contribution in [0.15, 0.2) is 30.3 Å². The Morgan fingerprint density at radius 1 is 1.22 bits per heavy atom. The van der Waals surface area contributed by atoms with Gasteiger partial charge in [-0.1, -0.05) is 43.9 Å². The minimum Gasteiger partial charge on any atom is -0.410 e. The third-order valence-electron chi connectivity index (χ3n) is 3.49. The lowest BCUT2D eigenvalue weighted by Gasteiger charge is -2.09. The molecular weight excluding hydrogens is 226 g/mol. The predicted octanol–water partition coefficient (Wildman–Crippen LogP) is 3.75. The Kier molecular flexibility index (Phi) is 5.06. The molecule has 1 saturated carbocycles. The first kappa shape index (κ1) is 12.9. The zero-order valence-electron chi connectivity index (χ0n) is 10.7. The van der Waals surface area contributed by atoms with Gasteiger partial charge in [-0.05, 0) is 30.9 Å². The van der Waals surface area contributed by atoms with Gasteiger partial charge in [-0.3, -0.25) is 0 Å². The Balaban J connectivity index is 1.57. The maximum Gasteiger partial charge on any atom is 0.412 e. The molecule has 1 amide bonds. The van der Waals surface area contributed by atoms with Crippen molar-refractivity contribution in [2.45, 2.75) is 38.5 Å². The normalized spacial score (nSPS) is 15.6. The molecule has 0 radical (unpaired) electrons. The second-order valence-corrected chi connectivity index (χ2v) is 4.92. The van der Waals surface area contributed by atoms with E-state index in [0.29, 0.717) is 12.3 Å². The molecule has 1 N–H and O–H groups in total. The number of rotatable bonds is 5. The molecule has 0 saturated heterocycles. The number of amides is 1. The van der Waals surface area contributed by atoms with Crippen molar-refractivity contribution in [3.8, 4) is 5.75 Å². The van der Waals surface area contributed by atoms with Gasteiger partial charge in [-0.25, -0.2) is 4.79 Å². The zero-order chi connectivity index (χ0) is 12.6. The summed E-state index contributed by atoms with van der Waals surface area (Å²) in [5, 5.41) is 2.79. The fourth-order valence-corrected chi connectivity index (χ4v) is 2.51. The Labute approximate surface area is 109 Å². The standard InChI is InChI=1S/C15H21NO2/c17-15(18-14-10-2-1-3-11-14)16-12-6-9-13-7-4-5-8-13/h1-3,10-11,13H,4-9,12H2,(H,16,17). The van der Waals surface area contributed by atoms with Gasteiger partial charge in [0.05, 0.1) is 0 Å². The van der Waals surface area contributed by atoms with E-state index < -0.39 is 0 Å². The molecule has 1 fully saturated rings. The first-order valence-corrected chi connectivity index (χ1v) is 6.85. The molecular formula is C15H21NO2. The summed E-state index contributed by atoms with van der Waals surface area (Å²) in [5.41, 5.74) is 0. The molecule has 0 atom stereocenters. The van der Waals surface area contributed by atoms with E-state index >= 15 is 0 Å². The van der Waals surface area contributed by atoms with Crippen LogP contribution in [0, 0.1) is 5.92 Å². The number of hydrogen-bond acceptors (Lipinski definition) is 2. The van der Waals surface area contributed by atoms with E-state index in [4.69, 9.17) is 4.74 Å². The van der Waals surface area contributed by atoms with Crippen molar-refractivity contribution in [3.63, 3.8) is 0 Å². The highest BCUT2D eigenvalue weighted by molar-refractivity contribution is 5.70. The Bertz CT molecular complexity index is 358. The van der Waals surface area contributed by atoms with Gasteiger partial charge in [0.15, 0.2) is 0 Å². The predicted molar refractivity (Wildman–Crippen MR) is 71.7 cm³/mol. The molecule has 3 nitrogen and oxygen atoms in total. The highest BCUT2D eigenvalue weighted by Gasteiger charge is 2.14. The van der Waals surface area contributed by atoms with E-state index in [1.54, 1.807) is 12.1 Å². The van der Waals surface area contributed by atoms with Crippen LogP contribution in [-0.4, -0.2) is 12.6 Å². The van der Waals surface area contributed by atoms with Crippen molar-refractivity contribution in [1.82, 2.24) is 5.32 Å². The number of benzene rings is 1. The molecule has 1 aromatic carbocycles. The Hall–Kier alpha value is -1.51. The lowest BCUT2D eigenvalue weighted by Crippen LogP contribution is -2.27. The number of nitrogens with one attached hydrogen (secondary N) is 1. The van der Waals surface area contributed by atoms with Crippen molar-refractivity contribution >= 4 is 6.09 Å². The summed E-state index contributed by atoms with van der Waals surface area (Å²) in [7, 11) is 0. The van der Waals surface area contributed by atoms with Gasteiger partial charge in [0.25, 0.3) is 0 Å². The first-order chi connectivity index (χ1) is 8.84. The van der Waals surface area contributed by atoms with Gasteiger partial charge < -0.3 is 10.1 Å². The minimum atomic E-state index is -0.354. The van der Waals surface area contributed by atoms with Gasteiger partial charge in [0, 0.05) is 6.54 Å². The van der Waals surface area contributed by atoms with E-state index in [2.05, 4.69) is 5.32 Å². The number of carbonyl (C=O) groups is 1. The van der Waals surface area contributed by atoms with Crippen molar-refractivity contribution < 1.29 is 9.53 Å². The van der Waals surface area contributed by atoms with E-state index in [9.17, 15) is 4.79 Å². The molecule has 0 aromatic heterocycles. The zero-order valence-corrected chi connectivity index (χ0v) is 10.7. The van der Waals surface area contributed by atoms with Crippen LogP contribution in [0.4, 0.5) is 4.79 Å². The fraction of sp³-hybridized carbons (Fsp3) is 0.533. The van der Waals surface area contributed by atoms with Crippen LogP contribution in [0.3, 0.4) is 0 Å². The quantitative estimate of drug-likeness (QED) is 0.805. The molecule has 18 heavy (non-hydrogen) atoms. The van der Waals surface area contributed by atoms with Crippen molar-refractivity contribution in [2.24, 2.45) is 5.92 Å². The third-order valence-corrected chi connectivity index (χ3v) is 3.49. The molecule has 98 valence electrons.